The van der Waals surface area contributed by atoms with Crippen molar-refractivity contribution in [3.05, 3.63) is 39.8 Å². The van der Waals surface area contributed by atoms with Gasteiger partial charge in [0.1, 0.15) is 21.7 Å². The summed E-state index contributed by atoms with van der Waals surface area (Å²) in [6, 6.07) is 6.66. The zero-order chi connectivity index (χ0) is 23.6. The number of nitriles is 1. The number of benzene rings is 1. The number of piperidine rings is 1. The number of hydrogen-bond donors (Lipinski definition) is 1. The molecule has 176 valence electrons. The van der Waals surface area contributed by atoms with Gasteiger partial charge < -0.3 is 10.1 Å². The normalized spacial score (nSPS) is 18.9. The second kappa shape index (κ2) is 9.84. The topological polar surface area (TPSA) is 99.5 Å². The van der Waals surface area contributed by atoms with E-state index in [1.54, 1.807) is 10.4 Å². The quantitative estimate of drug-likeness (QED) is 0.636. The molecule has 1 aromatic carbocycles. The van der Waals surface area contributed by atoms with Crippen molar-refractivity contribution >= 4 is 32.3 Å². The van der Waals surface area contributed by atoms with Crippen molar-refractivity contribution in [1.82, 2.24) is 4.31 Å². The van der Waals surface area contributed by atoms with Gasteiger partial charge in [0.15, 0.2) is 0 Å². The Labute approximate surface area is 199 Å². The van der Waals surface area contributed by atoms with E-state index in [1.807, 2.05) is 6.92 Å². The first-order chi connectivity index (χ1) is 15.9. The van der Waals surface area contributed by atoms with Crippen LogP contribution in [0.3, 0.4) is 0 Å². The average molecular weight is 488 g/mol. The lowest BCUT2D eigenvalue weighted by atomic mass is 9.96. The molecule has 7 nitrogen and oxygen atoms in total. The Hall–Kier alpha value is -2.41. The van der Waals surface area contributed by atoms with Gasteiger partial charge in [-0.25, -0.2) is 8.42 Å². The Morgan fingerprint density at radius 1 is 1.27 bits per heavy atom. The Kier molecular flexibility index (Phi) is 7.07. The summed E-state index contributed by atoms with van der Waals surface area (Å²) < 4.78 is 34.1. The minimum atomic E-state index is -3.83. The number of carbonyl (C=O) groups is 1. The van der Waals surface area contributed by atoms with Crippen molar-refractivity contribution in [2.24, 2.45) is 0 Å². The van der Waals surface area contributed by atoms with Gasteiger partial charge in [-0.2, -0.15) is 9.57 Å². The molecule has 0 radical (unpaired) electrons. The Morgan fingerprint density at radius 3 is 2.79 bits per heavy atom. The summed E-state index contributed by atoms with van der Waals surface area (Å²) in [5, 5.41) is 13.1. The van der Waals surface area contributed by atoms with E-state index in [4.69, 9.17) is 4.74 Å². The Balaban J connectivity index is 1.67. The number of hydrogen-bond acceptors (Lipinski definition) is 6. The van der Waals surface area contributed by atoms with E-state index in [0.29, 0.717) is 17.1 Å². The van der Waals surface area contributed by atoms with Crippen molar-refractivity contribution in [1.29, 1.82) is 5.26 Å². The van der Waals surface area contributed by atoms with Crippen molar-refractivity contribution in [2.45, 2.75) is 69.2 Å². The van der Waals surface area contributed by atoms with E-state index >= 15 is 0 Å². The molecule has 1 fully saturated rings. The molecule has 9 heteroatoms. The van der Waals surface area contributed by atoms with E-state index in [0.717, 1.165) is 61.8 Å². The number of anilines is 1. The molecule has 2 heterocycles. The smallest absolute Gasteiger partial charge is 0.256 e. The highest BCUT2D eigenvalue weighted by Gasteiger charge is 2.35. The monoisotopic (exact) mass is 487 g/mol. The zero-order valence-electron chi connectivity index (χ0n) is 19.0. The summed E-state index contributed by atoms with van der Waals surface area (Å²) in [6.07, 6.45) is 7.30. The number of carbonyl (C=O) groups excluding carboxylic acids is 1. The Bertz CT molecular complexity index is 1200. The lowest BCUT2D eigenvalue weighted by Crippen LogP contribution is -2.43. The van der Waals surface area contributed by atoms with Crippen LogP contribution in [0, 0.1) is 11.3 Å². The third kappa shape index (κ3) is 4.52. The van der Waals surface area contributed by atoms with Gasteiger partial charge in [0, 0.05) is 23.0 Å². The molecule has 33 heavy (non-hydrogen) atoms. The summed E-state index contributed by atoms with van der Waals surface area (Å²) in [5.74, 6) is -0.217. The maximum absolute atomic E-state index is 13.6. The molecule has 0 saturated carbocycles. The number of aryl methyl sites for hydroxylation is 1. The largest absolute Gasteiger partial charge is 0.495 e. The van der Waals surface area contributed by atoms with Crippen LogP contribution in [0.2, 0.25) is 0 Å². The Morgan fingerprint density at radius 2 is 2.06 bits per heavy atom. The number of fused-ring (bicyclic) bond motifs is 1. The first kappa shape index (κ1) is 23.7. The van der Waals surface area contributed by atoms with Crippen LogP contribution < -0.4 is 10.1 Å². The number of amides is 1. The highest BCUT2D eigenvalue weighted by molar-refractivity contribution is 7.89. The van der Waals surface area contributed by atoms with Crippen LogP contribution in [-0.2, 0) is 22.9 Å². The molecule has 1 saturated heterocycles. The van der Waals surface area contributed by atoms with Gasteiger partial charge >= 0.3 is 0 Å². The maximum atomic E-state index is 13.6. The number of thiophene rings is 1. The molecule has 1 aliphatic heterocycles. The third-order valence-corrected chi connectivity index (χ3v) is 9.75. The van der Waals surface area contributed by atoms with Gasteiger partial charge in [0.2, 0.25) is 10.0 Å². The fourth-order valence-corrected chi connectivity index (χ4v) is 7.98. The molecule has 1 atom stereocenters. The highest BCUT2D eigenvalue weighted by Crippen LogP contribution is 2.38. The second-order valence-electron chi connectivity index (χ2n) is 8.52. The zero-order valence-corrected chi connectivity index (χ0v) is 20.7. The lowest BCUT2D eigenvalue weighted by molar-refractivity contribution is 0.102. The number of nitrogens with one attached hydrogen (secondary N) is 1. The van der Waals surface area contributed by atoms with Crippen LogP contribution in [0.15, 0.2) is 23.1 Å². The van der Waals surface area contributed by atoms with Gasteiger partial charge in [0.05, 0.1) is 12.7 Å². The van der Waals surface area contributed by atoms with Crippen molar-refractivity contribution in [3.8, 4) is 11.8 Å². The molecular weight excluding hydrogens is 458 g/mol. The van der Waals surface area contributed by atoms with Gasteiger partial charge in [-0.05, 0) is 68.7 Å². The number of methoxy groups -OCH3 is 1. The van der Waals surface area contributed by atoms with Crippen LogP contribution in [0.1, 0.15) is 71.8 Å². The molecule has 1 N–H and O–H groups in total. The van der Waals surface area contributed by atoms with Crippen LogP contribution in [0.5, 0.6) is 5.75 Å². The molecule has 1 amide bonds. The molecule has 2 aliphatic rings. The summed E-state index contributed by atoms with van der Waals surface area (Å²) in [5.41, 5.74) is 1.79. The SMILES string of the molecule is CC[C@@H]1CCCCN1S(=O)(=O)c1cc(C(=O)Nc2sc3c(c2C#N)CCCC3)ccc1OC. The van der Waals surface area contributed by atoms with Gasteiger partial charge in [-0.3, -0.25) is 4.79 Å². The third-order valence-electron chi connectivity index (χ3n) is 6.57. The van der Waals surface area contributed by atoms with E-state index < -0.39 is 15.9 Å². The van der Waals surface area contributed by atoms with Gasteiger partial charge in [0.25, 0.3) is 5.91 Å². The predicted molar refractivity (Wildman–Crippen MR) is 128 cm³/mol. The molecule has 0 spiro atoms. The van der Waals surface area contributed by atoms with Crippen LogP contribution in [0.4, 0.5) is 5.00 Å². The van der Waals surface area contributed by atoms with Crippen molar-refractivity contribution in [2.75, 3.05) is 19.0 Å². The van der Waals surface area contributed by atoms with Crippen molar-refractivity contribution < 1.29 is 17.9 Å². The fourth-order valence-electron chi connectivity index (χ4n) is 4.79. The average Bonchev–Trinajstić information content (AvgIpc) is 3.20. The van der Waals surface area contributed by atoms with Crippen LogP contribution >= 0.6 is 11.3 Å². The number of sulfonamides is 1. The molecule has 4 rings (SSSR count). The fraction of sp³-hybridized carbons (Fsp3) is 0.500. The van der Waals surface area contributed by atoms with Gasteiger partial charge in [-0.15, -0.1) is 11.3 Å². The van der Waals surface area contributed by atoms with E-state index in [1.165, 1.54) is 30.6 Å². The van der Waals surface area contributed by atoms with Crippen molar-refractivity contribution in [3.63, 3.8) is 0 Å². The molecule has 1 aliphatic carbocycles. The predicted octanol–water partition coefficient (Wildman–Crippen LogP) is 4.71. The summed E-state index contributed by atoms with van der Waals surface area (Å²) >= 11 is 1.45. The number of nitrogens with zero attached hydrogens (tertiary/aromatic N) is 2. The molecule has 1 aromatic heterocycles. The molecule has 0 unspecified atom stereocenters. The molecule has 0 bridgehead atoms. The van der Waals surface area contributed by atoms with Crippen LogP contribution in [-0.4, -0.2) is 38.3 Å². The minimum absolute atomic E-state index is 0.00369. The van der Waals surface area contributed by atoms with E-state index in [9.17, 15) is 18.5 Å². The summed E-state index contributed by atoms with van der Waals surface area (Å²) in [4.78, 5) is 14.3. The summed E-state index contributed by atoms with van der Waals surface area (Å²) in [7, 11) is -2.40. The number of ether oxygens (including phenoxy) is 1. The standard InChI is InChI=1S/C24H29N3O4S2/c1-3-17-8-6-7-13-27(17)33(29,30)22-14-16(11-12-20(22)31-2)23(28)26-24-19(15-25)18-9-4-5-10-21(18)32-24/h11-12,14,17H,3-10,13H2,1-2H3,(H,26,28)/t17-/m1/s1. The summed E-state index contributed by atoms with van der Waals surface area (Å²) in [6.45, 7) is 2.46. The molecule has 2 aromatic rings. The van der Waals surface area contributed by atoms with Crippen LogP contribution in [0.25, 0.3) is 0 Å². The first-order valence-electron chi connectivity index (χ1n) is 11.5. The van der Waals surface area contributed by atoms with E-state index in [2.05, 4.69) is 11.4 Å². The lowest BCUT2D eigenvalue weighted by Gasteiger charge is -2.34. The van der Waals surface area contributed by atoms with Gasteiger partial charge in [-0.1, -0.05) is 13.3 Å². The maximum Gasteiger partial charge on any atom is 0.256 e. The van der Waals surface area contributed by atoms with E-state index in [-0.39, 0.29) is 22.3 Å². The first-order valence-corrected chi connectivity index (χ1v) is 13.7. The minimum Gasteiger partial charge on any atom is -0.495 e. The second-order valence-corrected chi connectivity index (χ2v) is 11.5. The highest BCUT2D eigenvalue weighted by atomic mass is 32.2. The molecular formula is C24H29N3O4S2. The number of rotatable bonds is 6.